The summed E-state index contributed by atoms with van der Waals surface area (Å²) in [4.78, 5) is 75.4. The molecule has 47 heavy (non-hydrogen) atoms. The second-order valence-electron chi connectivity index (χ2n) is 10.0. The fraction of sp³-hybridized carbons (Fsp3) is 0.533. The van der Waals surface area contributed by atoms with Gasteiger partial charge in [0.15, 0.2) is 0 Å². The number of Topliss-reactive ketones (excluding diaryl/α,β-unsaturated/α-hetero) is 1. The summed E-state index contributed by atoms with van der Waals surface area (Å²) in [6.07, 6.45) is 1.18. The molecular weight excluding hydrogens is 624 g/mol. The smallest absolute Gasteiger partial charge is 0.354 e. The summed E-state index contributed by atoms with van der Waals surface area (Å²) in [6.45, 7) is 4.54. The van der Waals surface area contributed by atoms with E-state index < -0.39 is 29.4 Å². The number of H-pyrrole nitrogens is 1. The minimum absolute atomic E-state index is 0.00813. The van der Waals surface area contributed by atoms with Gasteiger partial charge in [0.2, 0.25) is 11.7 Å². The largest absolute Gasteiger partial charge is 0.465 e. The highest BCUT2D eigenvalue weighted by Gasteiger charge is 2.54. The molecule has 4 rings (SSSR count). The molecule has 0 atom stereocenters. The Hall–Kier alpha value is -4.26. The average Bonchev–Trinajstić information content (AvgIpc) is 3.77. The number of hydrogen-bond acceptors (Lipinski definition) is 14. The monoisotopic (exact) mass is 662 g/mol. The molecule has 1 saturated heterocycles. The number of carbonyl (C=O) groups excluding carboxylic acids is 5. The third kappa shape index (κ3) is 8.37. The number of pyridine rings is 1. The van der Waals surface area contributed by atoms with Crippen molar-refractivity contribution in [2.45, 2.75) is 25.6 Å². The van der Waals surface area contributed by atoms with Crippen LogP contribution in [-0.2, 0) is 48.6 Å². The molecule has 0 unspecified atom stereocenters. The normalized spacial score (nSPS) is 14.4. The zero-order valence-electron chi connectivity index (χ0n) is 26.4. The molecule has 17 nitrogen and oxygen atoms in total. The summed E-state index contributed by atoms with van der Waals surface area (Å²) >= 11 is 0. The lowest BCUT2D eigenvalue weighted by Gasteiger charge is -2.31. The number of methoxy groups -OCH3 is 2. The molecule has 0 radical (unpaired) electrons. The number of ketones is 1. The van der Waals surface area contributed by atoms with Crippen molar-refractivity contribution < 1.29 is 62.0 Å². The number of nitrogens with one attached hydrogen (secondary N) is 3. The standard InChI is InChI=1S/C30H38N4O13/c1-4-22(35)31-6-5-7-42-8-9-43-10-11-44-12-15-47-34-27(37)20-16-18(28(38)40-2)23-24-19(17-21(33-24)29(39)41-3)30(45-13-14-46-30)26(36)25(23)32-20/h16-17,33H,4-15H2,1-3H3,(H,31,35)(H,34,37). The number of esters is 2. The van der Waals surface area contributed by atoms with E-state index in [2.05, 4.69) is 20.8 Å². The highest BCUT2D eigenvalue weighted by atomic mass is 16.7. The van der Waals surface area contributed by atoms with Crippen LogP contribution in [0.25, 0.3) is 11.3 Å². The molecule has 1 fully saturated rings. The molecule has 1 spiro atoms. The Morgan fingerprint density at radius 2 is 1.55 bits per heavy atom. The lowest BCUT2D eigenvalue weighted by atomic mass is 9.85. The number of ether oxygens (including phenoxy) is 7. The molecule has 0 aromatic carbocycles. The molecule has 2 aliphatic rings. The van der Waals surface area contributed by atoms with Gasteiger partial charge in [0.25, 0.3) is 11.7 Å². The number of hydroxylamine groups is 1. The van der Waals surface area contributed by atoms with Crippen molar-refractivity contribution in [2.24, 2.45) is 0 Å². The lowest BCUT2D eigenvalue weighted by Crippen LogP contribution is -2.41. The number of fused-ring (bicyclic) bond motifs is 4. The summed E-state index contributed by atoms with van der Waals surface area (Å²) in [6, 6.07) is 2.50. The molecule has 2 aromatic heterocycles. The third-order valence-electron chi connectivity index (χ3n) is 7.04. The van der Waals surface area contributed by atoms with Gasteiger partial charge in [0.1, 0.15) is 17.1 Å². The summed E-state index contributed by atoms with van der Waals surface area (Å²) < 4.78 is 37.4. The third-order valence-corrected chi connectivity index (χ3v) is 7.04. The number of hydrogen-bond donors (Lipinski definition) is 3. The van der Waals surface area contributed by atoms with E-state index in [4.69, 9.17) is 38.0 Å². The summed E-state index contributed by atoms with van der Waals surface area (Å²) in [5.41, 5.74) is 1.71. The predicted molar refractivity (Wildman–Crippen MR) is 158 cm³/mol. The minimum atomic E-state index is -1.94. The molecule has 3 heterocycles. The first-order valence-corrected chi connectivity index (χ1v) is 15.0. The maximum absolute atomic E-state index is 13.8. The molecule has 2 aromatic rings. The first-order valence-electron chi connectivity index (χ1n) is 15.0. The van der Waals surface area contributed by atoms with Gasteiger partial charge in [0, 0.05) is 30.7 Å². The lowest BCUT2D eigenvalue weighted by molar-refractivity contribution is -0.126. The van der Waals surface area contributed by atoms with E-state index >= 15 is 0 Å². The fourth-order valence-corrected chi connectivity index (χ4v) is 4.80. The quantitative estimate of drug-likeness (QED) is 0.114. The molecule has 1 aliphatic carbocycles. The van der Waals surface area contributed by atoms with Gasteiger partial charge in [-0.3, -0.25) is 19.2 Å². The van der Waals surface area contributed by atoms with Crippen LogP contribution < -0.4 is 10.8 Å². The first-order chi connectivity index (χ1) is 22.8. The van der Waals surface area contributed by atoms with Crippen LogP contribution in [0.2, 0.25) is 0 Å². The van der Waals surface area contributed by atoms with Gasteiger partial charge < -0.3 is 43.5 Å². The van der Waals surface area contributed by atoms with Gasteiger partial charge in [0.05, 0.1) is 78.3 Å². The van der Waals surface area contributed by atoms with Gasteiger partial charge in [-0.25, -0.2) is 20.1 Å². The molecule has 17 heteroatoms. The number of rotatable bonds is 18. The maximum Gasteiger partial charge on any atom is 0.354 e. The van der Waals surface area contributed by atoms with E-state index in [1.165, 1.54) is 13.2 Å². The molecular formula is C30H38N4O13. The number of aromatic amines is 1. The van der Waals surface area contributed by atoms with E-state index in [-0.39, 0.29) is 78.4 Å². The van der Waals surface area contributed by atoms with Crippen LogP contribution in [0.15, 0.2) is 12.1 Å². The topological polar surface area (TPSA) is 212 Å². The van der Waals surface area contributed by atoms with Gasteiger partial charge in [-0.2, -0.15) is 0 Å². The van der Waals surface area contributed by atoms with E-state index in [0.29, 0.717) is 39.4 Å². The average molecular weight is 663 g/mol. The van der Waals surface area contributed by atoms with Crippen molar-refractivity contribution in [2.75, 3.05) is 80.2 Å². The molecule has 2 amide bonds. The Labute approximate surface area is 269 Å². The fourth-order valence-electron chi connectivity index (χ4n) is 4.80. The van der Waals surface area contributed by atoms with E-state index in [0.717, 1.165) is 19.6 Å². The van der Waals surface area contributed by atoms with E-state index in [1.807, 2.05) is 0 Å². The predicted octanol–water partition coefficient (Wildman–Crippen LogP) is 0.673. The summed E-state index contributed by atoms with van der Waals surface area (Å²) in [5.74, 6) is -5.15. The Morgan fingerprint density at radius 3 is 2.19 bits per heavy atom. The second kappa shape index (κ2) is 17.1. The van der Waals surface area contributed by atoms with Gasteiger partial charge >= 0.3 is 11.9 Å². The summed E-state index contributed by atoms with van der Waals surface area (Å²) in [5, 5.41) is 2.77. The Balaban J connectivity index is 1.29. The van der Waals surface area contributed by atoms with Crippen molar-refractivity contribution in [1.82, 2.24) is 20.8 Å². The highest BCUT2D eigenvalue weighted by molar-refractivity contribution is 6.15. The van der Waals surface area contributed by atoms with E-state index in [1.54, 1.807) is 6.92 Å². The number of nitrogens with zero attached hydrogens (tertiary/aromatic N) is 1. The highest BCUT2D eigenvalue weighted by Crippen LogP contribution is 2.47. The zero-order chi connectivity index (χ0) is 33.8. The maximum atomic E-state index is 13.8. The molecule has 3 N–H and O–H groups in total. The van der Waals surface area contributed by atoms with E-state index in [9.17, 15) is 24.0 Å². The van der Waals surface area contributed by atoms with Crippen LogP contribution >= 0.6 is 0 Å². The SMILES string of the molecule is CCC(=O)NCCCOCCOCCOCCONC(=O)c1cc(C(=O)OC)c2c(n1)C(=O)C1(OCCO1)c1cc(C(=O)OC)[nH]c1-2. The van der Waals surface area contributed by atoms with Crippen molar-refractivity contribution in [3.63, 3.8) is 0 Å². The van der Waals surface area contributed by atoms with Crippen LogP contribution in [0.3, 0.4) is 0 Å². The molecule has 0 saturated carbocycles. The van der Waals surface area contributed by atoms with Gasteiger partial charge in [-0.1, -0.05) is 6.92 Å². The summed E-state index contributed by atoms with van der Waals surface area (Å²) in [7, 11) is 2.33. The molecule has 256 valence electrons. The van der Waals surface area contributed by atoms with Crippen LogP contribution in [0.4, 0.5) is 0 Å². The Morgan fingerprint density at radius 1 is 0.915 bits per heavy atom. The zero-order valence-corrected chi connectivity index (χ0v) is 26.4. The number of aromatic nitrogens is 2. The van der Waals surface area contributed by atoms with Gasteiger partial charge in [-0.15, -0.1) is 0 Å². The van der Waals surface area contributed by atoms with Crippen LogP contribution in [0.1, 0.15) is 67.2 Å². The van der Waals surface area contributed by atoms with Crippen molar-refractivity contribution in [3.05, 3.63) is 40.3 Å². The minimum Gasteiger partial charge on any atom is -0.465 e. The van der Waals surface area contributed by atoms with Crippen LogP contribution in [0.5, 0.6) is 0 Å². The van der Waals surface area contributed by atoms with Crippen molar-refractivity contribution >= 4 is 29.5 Å². The van der Waals surface area contributed by atoms with Gasteiger partial charge in [-0.05, 0) is 18.6 Å². The van der Waals surface area contributed by atoms with Crippen molar-refractivity contribution in [3.8, 4) is 11.3 Å². The first kappa shape index (κ1) is 35.6. The number of amides is 2. The number of carbonyl (C=O) groups is 5. The van der Waals surface area contributed by atoms with Crippen LogP contribution in [0, 0.1) is 0 Å². The Kier molecular flexibility index (Phi) is 12.9. The van der Waals surface area contributed by atoms with Crippen LogP contribution in [-0.4, -0.2) is 120 Å². The molecule has 0 bridgehead atoms. The molecule has 1 aliphatic heterocycles. The Bertz CT molecular complexity index is 1450. The van der Waals surface area contributed by atoms with Crippen molar-refractivity contribution in [1.29, 1.82) is 0 Å². The second-order valence-corrected chi connectivity index (χ2v) is 10.0.